The van der Waals surface area contributed by atoms with Crippen molar-refractivity contribution in [3.63, 3.8) is 0 Å². The predicted molar refractivity (Wildman–Crippen MR) is 82.4 cm³/mol. The van der Waals surface area contributed by atoms with Crippen LogP contribution in [0.4, 0.5) is 0 Å². The van der Waals surface area contributed by atoms with Gasteiger partial charge in [-0.2, -0.15) is 0 Å². The average Bonchev–Trinajstić information content (AvgIpc) is 2.46. The van der Waals surface area contributed by atoms with Crippen molar-refractivity contribution in [3.8, 4) is 0 Å². The van der Waals surface area contributed by atoms with Crippen LogP contribution in [-0.4, -0.2) is 43.8 Å². The minimum atomic E-state index is 0.236. The number of hydrogen-bond donors (Lipinski definition) is 1. The Kier molecular flexibility index (Phi) is 7.96. The number of hydrogen-bond acceptors (Lipinski definition) is 3. The number of nitrogens with zero attached hydrogens (tertiary/aromatic N) is 1. The molecule has 0 atom stereocenters. The van der Waals surface area contributed by atoms with Gasteiger partial charge in [-0.25, -0.2) is 0 Å². The molecule has 0 aromatic rings. The van der Waals surface area contributed by atoms with Crippen LogP contribution in [0.3, 0.4) is 0 Å². The summed E-state index contributed by atoms with van der Waals surface area (Å²) in [4.78, 5) is 2.46. The van der Waals surface area contributed by atoms with E-state index >= 15 is 0 Å². The van der Waals surface area contributed by atoms with Crippen molar-refractivity contribution < 1.29 is 4.74 Å². The molecule has 0 saturated heterocycles. The zero-order chi connectivity index (χ0) is 14.1. The minimum Gasteiger partial charge on any atom is -0.380 e. The molecule has 0 spiro atoms. The Morgan fingerprint density at radius 2 is 1.89 bits per heavy atom. The Balaban J connectivity index is 2.32. The van der Waals surface area contributed by atoms with Gasteiger partial charge in [-0.15, -0.1) is 0 Å². The van der Waals surface area contributed by atoms with Crippen LogP contribution in [-0.2, 0) is 4.74 Å². The second kappa shape index (κ2) is 8.93. The Labute approximate surface area is 119 Å². The highest BCUT2D eigenvalue weighted by Crippen LogP contribution is 2.36. The number of nitrogens with two attached hydrogens (primary N) is 1. The normalized spacial score (nSPS) is 27.9. The third-order valence-electron chi connectivity index (χ3n) is 5.02. The van der Waals surface area contributed by atoms with Gasteiger partial charge in [-0.05, 0) is 45.1 Å². The van der Waals surface area contributed by atoms with Crippen LogP contribution < -0.4 is 5.73 Å². The zero-order valence-corrected chi connectivity index (χ0v) is 13.3. The van der Waals surface area contributed by atoms with E-state index in [1.807, 2.05) is 0 Å². The maximum atomic E-state index is 6.10. The van der Waals surface area contributed by atoms with Gasteiger partial charge in [0.1, 0.15) is 0 Å². The number of ether oxygens (including phenoxy) is 1. The van der Waals surface area contributed by atoms with Crippen molar-refractivity contribution in [2.45, 2.75) is 64.3 Å². The lowest BCUT2D eigenvalue weighted by Gasteiger charge is -2.46. The molecule has 0 aromatic carbocycles. The molecule has 1 rings (SSSR count). The minimum absolute atomic E-state index is 0.236. The summed E-state index contributed by atoms with van der Waals surface area (Å²) in [7, 11) is 2.22. The fourth-order valence-corrected chi connectivity index (χ4v) is 3.15. The Morgan fingerprint density at radius 1 is 1.21 bits per heavy atom. The maximum Gasteiger partial charge on any atom is 0.0593 e. The summed E-state index contributed by atoms with van der Waals surface area (Å²) in [6.45, 7) is 8.05. The van der Waals surface area contributed by atoms with Gasteiger partial charge in [0, 0.05) is 25.2 Å². The van der Waals surface area contributed by atoms with Gasteiger partial charge in [0.2, 0.25) is 0 Å². The Bertz CT molecular complexity index is 225. The first kappa shape index (κ1) is 16.9. The molecule has 0 heterocycles. The summed E-state index contributed by atoms with van der Waals surface area (Å²) >= 11 is 0. The monoisotopic (exact) mass is 270 g/mol. The van der Waals surface area contributed by atoms with Gasteiger partial charge in [-0.3, -0.25) is 4.90 Å². The van der Waals surface area contributed by atoms with Crippen LogP contribution in [0.5, 0.6) is 0 Å². The van der Waals surface area contributed by atoms with Crippen molar-refractivity contribution in [2.75, 3.05) is 33.4 Å². The van der Waals surface area contributed by atoms with Gasteiger partial charge >= 0.3 is 0 Å². The van der Waals surface area contributed by atoms with E-state index in [9.17, 15) is 0 Å². The van der Waals surface area contributed by atoms with Gasteiger partial charge in [0.15, 0.2) is 0 Å². The van der Waals surface area contributed by atoms with E-state index in [2.05, 4.69) is 25.8 Å². The zero-order valence-electron chi connectivity index (χ0n) is 13.3. The first-order valence-electron chi connectivity index (χ1n) is 8.17. The van der Waals surface area contributed by atoms with Crippen LogP contribution in [0.2, 0.25) is 0 Å². The molecule has 3 nitrogen and oxygen atoms in total. The maximum absolute atomic E-state index is 6.10. The third-order valence-corrected chi connectivity index (χ3v) is 5.02. The Morgan fingerprint density at radius 3 is 2.42 bits per heavy atom. The van der Waals surface area contributed by atoms with Crippen LogP contribution in [0.15, 0.2) is 0 Å². The summed E-state index contributed by atoms with van der Waals surface area (Å²) in [5.41, 5.74) is 6.33. The van der Waals surface area contributed by atoms with Gasteiger partial charge < -0.3 is 10.5 Å². The summed E-state index contributed by atoms with van der Waals surface area (Å²) in [6.07, 6.45) is 8.90. The molecular weight excluding hydrogens is 236 g/mol. The van der Waals surface area contributed by atoms with Crippen LogP contribution >= 0.6 is 0 Å². The number of rotatable bonds is 9. The van der Waals surface area contributed by atoms with Crippen LogP contribution in [0, 0.1) is 5.92 Å². The molecule has 114 valence electrons. The summed E-state index contributed by atoms with van der Waals surface area (Å²) in [5, 5.41) is 0. The molecule has 3 heteroatoms. The molecule has 0 bridgehead atoms. The molecule has 0 radical (unpaired) electrons. The number of unbranched alkanes of at least 4 members (excludes halogenated alkanes) is 1. The van der Waals surface area contributed by atoms with Gasteiger partial charge in [-0.1, -0.05) is 26.7 Å². The average molecular weight is 270 g/mol. The SMILES string of the molecule is CCCCOCCN(C)C1(CN)CCC(CC)CC1. The standard InChI is InChI=1S/C16H34N2O/c1-4-6-12-19-13-11-18(3)16(14-17)9-7-15(5-2)8-10-16/h15H,4-14,17H2,1-3H3. The molecule has 19 heavy (non-hydrogen) atoms. The highest BCUT2D eigenvalue weighted by Gasteiger charge is 2.36. The third kappa shape index (κ3) is 5.05. The smallest absolute Gasteiger partial charge is 0.0593 e. The van der Waals surface area contributed by atoms with Crippen molar-refractivity contribution in [1.29, 1.82) is 0 Å². The van der Waals surface area contributed by atoms with Crippen LogP contribution in [0.25, 0.3) is 0 Å². The molecule has 0 aliphatic heterocycles. The van der Waals surface area contributed by atoms with Gasteiger partial charge in [0.25, 0.3) is 0 Å². The van der Waals surface area contributed by atoms with Crippen molar-refractivity contribution in [2.24, 2.45) is 11.7 Å². The van der Waals surface area contributed by atoms with Crippen LogP contribution in [0.1, 0.15) is 58.8 Å². The second-order valence-electron chi connectivity index (χ2n) is 6.17. The quantitative estimate of drug-likeness (QED) is 0.655. The molecular formula is C16H34N2O. The van der Waals surface area contributed by atoms with Crippen molar-refractivity contribution in [3.05, 3.63) is 0 Å². The molecule has 1 fully saturated rings. The summed E-state index contributed by atoms with van der Waals surface area (Å²) in [6, 6.07) is 0. The van der Waals surface area contributed by atoms with Crippen molar-refractivity contribution >= 4 is 0 Å². The second-order valence-corrected chi connectivity index (χ2v) is 6.17. The largest absolute Gasteiger partial charge is 0.380 e. The first-order chi connectivity index (χ1) is 9.18. The van der Waals surface area contributed by atoms with E-state index in [0.29, 0.717) is 0 Å². The lowest BCUT2D eigenvalue weighted by molar-refractivity contribution is 0.0313. The molecule has 0 aromatic heterocycles. The van der Waals surface area contributed by atoms with E-state index in [-0.39, 0.29) is 5.54 Å². The fraction of sp³-hybridized carbons (Fsp3) is 1.00. The van der Waals surface area contributed by atoms with Crippen molar-refractivity contribution in [1.82, 2.24) is 4.90 Å². The Hall–Kier alpha value is -0.120. The topological polar surface area (TPSA) is 38.5 Å². The van der Waals surface area contributed by atoms with E-state index in [0.717, 1.165) is 32.2 Å². The van der Waals surface area contributed by atoms with E-state index in [4.69, 9.17) is 10.5 Å². The lowest BCUT2D eigenvalue weighted by atomic mass is 9.75. The van der Waals surface area contributed by atoms with E-state index in [1.165, 1.54) is 44.9 Å². The highest BCUT2D eigenvalue weighted by atomic mass is 16.5. The van der Waals surface area contributed by atoms with E-state index < -0.39 is 0 Å². The van der Waals surface area contributed by atoms with E-state index in [1.54, 1.807) is 0 Å². The summed E-state index contributed by atoms with van der Waals surface area (Å²) in [5.74, 6) is 0.925. The fourth-order valence-electron chi connectivity index (χ4n) is 3.15. The molecule has 0 unspecified atom stereocenters. The lowest BCUT2D eigenvalue weighted by Crippen LogP contribution is -2.54. The molecule has 2 N–H and O–H groups in total. The molecule has 0 amide bonds. The highest BCUT2D eigenvalue weighted by molar-refractivity contribution is 4.94. The molecule has 1 aliphatic carbocycles. The summed E-state index contributed by atoms with van der Waals surface area (Å²) < 4.78 is 5.68. The predicted octanol–water partition coefficient (Wildman–Crippen LogP) is 3.03. The first-order valence-corrected chi connectivity index (χ1v) is 8.17. The number of likely N-dealkylation sites (N-methyl/N-ethyl adjacent to an activating group) is 1. The molecule has 1 aliphatic rings. The molecule has 1 saturated carbocycles. The van der Waals surface area contributed by atoms with Gasteiger partial charge in [0.05, 0.1) is 6.61 Å².